The molecule has 0 unspecified atom stereocenters. The van der Waals surface area contributed by atoms with E-state index >= 15 is 0 Å². The molecule has 1 rings (SSSR count). The predicted molar refractivity (Wildman–Crippen MR) is 80.4 cm³/mol. The van der Waals surface area contributed by atoms with E-state index in [-0.39, 0.29) is 5.91 Å². The lowest BCUT2D eigenvalue weighted by Crippen LogP contribution is -2.15. The summed E-state index contributed by atoms with van der Waals surface area (Å²) in [5.41, 5.74) is 7.09. The number of nitrogens with two attached hydrogens (primary N) is 1. The highest BCUT2D eigenvalue weighted by atomic mass is 35.5. The van der Waals surface area contributed by atoms with Crippen LogP contribution in [0.5, 0.6) is 0 Å². The van der Waals surface area contributed by atoms with Crippen molar-refractivity contribution in [1.29, 1.82) is 0 Å². The lowest BCUT2D eigenvalue weighted by molar-refractivity contribution is -0.113. The Hall–Kier alpha value is -0.710. The van der Waals surface area contributed by atoms with E-state index in [1.54, 1.807) is 11.8 Å². The quantitative estimate of drug-likeness (QED) is 0.758. The summed E-state index contributed by atoms with van der Waals surface area (Å²) in [5, 5.41) is 3.54. The maximum Gasteiger partial charge on any atom is 0.234 e. The van der Waals surface area contributed by atoms with Crippen molar-refractivity contribution in [3.05, 3.63) is 28.8 Å². The fourth-order valence-electron chi connectivity index (χ4n) is 1.44. The number of carbonyl (C=O) groups excluding carboxylic acids is 1. The van der Waals surface area contributed by atoms with Crippen LogP contribution in [0.1, 0.15) is 18.4 Å². The number of anilines is 1. The van der Waals surface area contributed by atoms with Crippen molar-refractivity contribution in [3.8, 4) is 0 Å². The molecule has 0 spiro atoms. The monoisotopic (exact) mass is 286 g/mol. The van der Waals surface area contributed by atoms with Gasteiger partial charge in [0, 0.05) is 10.7 Å². The first-order chi connectivity index (χ1) is 8.65. The molecule has 18 heavy (non-hydrogen) atoms. The molecule has 5 heteroatoms. The van der Waals surface area contributed by atoms with Crippen LogP contribution in [0.25, 0.3) is 0 Å². The molecule has 0 aliphatic rings. The maximum absolute atomic E-state index is 11.7. The summed E-state index contributed by atoms with van der Waals surface area (Å²) < 4.78 is 0. The SMILES string of the molecule is Cc1c(Cl)cccc1NC(=O)CSCCCCN. The van der Waals surface area contributed by atoms with Gasteiger partial charge >= 0.3 is 0 Å². The van der Waals surface area contributed by atoms with Crippen LogP contribution < -0.4 is 11.1 Å². The molecule has 0 saturated carbocycles. The van der Waals surface area contributed by atoms with Crippen LogP contribution >= 0.6 is 23.4 Å². The minimum atomic E-state index is 0.0121. The Bertz CT molecular complexity index is 399. The molecule has 3 N–H and O–H groups in total. The summed E-state index contributed by atoms with van der Waals surface area (Å²) >= 11 is 7.62. The third-order valence-corrected chi connectivity index (χ3v) is 3.97. The number of benzene rings is 1. The zero-order valence-corrected chi connectivity index (χ0v) is 12.1. The number of rotatable bonds is 7. The van der Waals surface area contributed by atoms with E-state index in [1.807, 2.05) is 25.1 Å². The molecular weight excluding hydrogens is 268 g/mol. The van der Waals surface area contributed by atoms with Gasteiger partial charge in [-0.2, -0.15) is 11.8 Å². The first-order valence-corrected chi connectivity index (χ1v) is 7.51. The first kappa shape index (κ1) is 15.3. The van der Waals surface area contributed by atoms with Gasteiger partial charge in [-0.15, -0.1) is 0 Å². The minimum absolute atomic E-state index is 0.0121. The van der Waals surface area contributed by atoms with Crippen LogP contribution in [0.3, 0.4) is 0 Å². The van der Waals surface area contributed by atoms with E-state index < -0.39 is 0 Å². The number of amides is 1. The predicted octanol–water partition coefficient (Wildman–Crippen LogP) is 3.06. The fraction of sp³-hybridized carbons (Fsp3) is 0.462. The summed E-state index contributed by atoms with van der Waals surface area (Å²) in [6.45, 7) is 2.61. The number of hydrogen-bond acceptors (Lipinski definition) is 3. The van der Waals surface area contributed by atoms with Crippen LogP contribution in [0.15, 0.2) is 18.2 Å². The van der Waals surface area contributed by atoms with Crippen LogP contribution in [0.4, 0.5) is 5.69 Å². The Morgan fingerprint density at radius 3 is 2.94 bits per heavy atom. The van der Waals surface area contributed by atoms with E-state index in [0.717, 1.165) is 29.8 Å². The van der Waals surface area contributed by atoms with Gasteiger partial charge in [-0.1, -0.05) is 17.7 Å². The molecule has 100 valence electrons. The average molecular weight is 287 g/mol. The molecule has 1 amide bonds. The van der Waals surface area contributed by atoms with Gasteiger partial charge in [-0.25, -0.2) is 0 Å². The summed E-state index contributed by atoms with van der Waals surface area (Å²) in [5.74, 6) is 1.45. The van der Waals surface area contributed by atoms with E-state index in [0.29, 0.717) is 17.3 Å². The minimum Gasteiger partial charge on any atom is -0.330 e. The number of nitrogens with one attached hydrogen (secondary N) is 1. The second-order valence-corrected chi connectivity index (χ2v) is 5.52. The lowest BCUT2D eigenvalue weighted by Gasteiger charge is -2.09. The Morgan fingerprint density at radius 1 is 1.44 bits per heavy atom. The van der Waals surface area contributed by atoms with Gasteiger partial charge in [0.2, 0.25) is 5.91 Å². The Labute approximate surface area is 117 Å². The molecule has 0 fully saturated rings. The summed E-state index contributed by atoms with van der Waals surface area (Å²) in [6.07, 6.45) is 2.08. The molecular formula is C13H19ClN2OS. The molecule has 1 aromatic rings. The van der Waals surface area contributed by atoms with Crippen molar-refractivity contribution >= 4 is 35.0 Å². The Balaban J connectivity index is 2.34. The normalized spacial score (nSPS) is 10.4. The summed E-state index contributed by atoms with van der Waals surface area (Å²) in [4.78, 5) is 11.7. The number of carbonyl (C=O) groups is 1. The van der Waals surface area contributed by atoms with Crippen molar-refractivity contribution in [1.82, 2.24) is 0 Å². The van der Waals surface area contributed by atoms with Crippen molar-refractivity contribution in [2.24, 2.45) is 5.73 Å². The van der Waals surface area contributed by atoms with Gasteiger partial charge in [-0.3, -0.25) is 4.79 Å². The topological polar surface area (TPSA) is 55.1 Å². The molecule has 0 aromatic heterocycles. The van der Waals surface area contributed by atoms with Crippen molar-refractivity contribution in [2.75, 3.05) is 23.4 Å². The Kier molecular flexibility index (Phi) is 7.16. The molecule has 0 aliphatic carbocycles. The Morgan fingerprint density at radius 2 is 2.22 bits per heavy atom. The maximum atomic E-state index is 11.7. The van der Waals surface area contributed by atoms with Gasteiger partial charge < -0.3 is 11.1 Å². The first-order valence-electron chi connectivity index (χ1n) is 5.98. The zero-order valence-electron chi connectivity index (χ0n) is 10.5. The molecule has 1 aromatic carbocycles. The number of hydrogen-bond donors (Lipinski definition) is 2. The van der Waals surface area contributed by atoms with Gasteiger partial charge in [0.25, 0.3) is 0 Å². The molecule has 0 radical (unpaired) electrons. The van der Waals surface area contributed by atoms with Gasteiger partial charge in [0.05, 0.1) is 5.75 Å². The van der Waals surface area contributed by atoms with Crippen LogP contribution in [0.2, 0.25) is 5.02 Å². The second-order valence-electron chi connectivity index (χ2n) is 4.01. The molecule has 3 nitrogen and oxygen atoms in total. The number of unbranched alkanes of at least 4 members (excludes halogenated alkanes) is 1. The lowest BCUT2D eigenvalue weighted by atomic mass is 10.2. The third-order valence-electron chi connectivity index (χ3n) is 2.52. The van der Waals surface area contributed by atoms with E-state index in [1.165, 1.54) is 0 Å². The van der Waals surface area contributed by atoms with Gasteiger partial charge in [0.1, 0.15) is 0 Å². The highest BCUT2D eigenvalue weighted by Gasteiger charge is 2.06. The van der Waals surface area contributed by atoms with Crippen molar-refractivity contribution in [2.45, 2.75) is 19.8 Å². The number of thioether (sulfide) groups is 1. The molecule has 0 saturated heterocycles. The smallest absolute Gasteiger partial charge is 0.234 e. The molecule has 0 atom stereocenters. The van der Waals surface area contributed by atoms with Crippen molar-refractivity contribution in [3.63, 3.8) is 0 Å². The summed E-state index contributed by atoms with van der Waals surface area (Å²) in [6, 6.07) is 5.51. The zero-order chi connectivity index (χ0) is 13.4. The average Bonchev–Trinajstić information content (AvgIpc) is 2.35. The highest BCUT2D eigenvalue weighted by Crippen LogP contribution is 2.23. The van der Waals surface area contributed by atoms with Crippen LogP contribution in [-0.4, -0.2) is 24.0 Å². The standard InChI is InChI=1S/C13H19ClN2OS/c1-10-11(14)5-4-6-12(10)16-13(17)9-18-8-3-2-7-15/h4-6H,2-3,7-9,15H2,1H3,(H,16,17). The highest BCUT2D eigenvalue weighted by molar-refractivity contribution is 7.99. The van der Waals surface area contributed by atoms with Crippen LogP contribution in [0, 0.1) is 6.92 Å². The third kappa shape index (κ3) is 5.29. The van der Waals surface area contributed by atoms with Gasteiger partial charge in [-0.05, 0) is 49.8 Å². The van der Waals surface area contributed by atoms with E-state index in [2.05, 4.69) is 5.32 Å². The van der Waals surface area contributed by atoms with Gasteiger partial charge in [0.15, 0.2) is 0 Å². The number of halogens is 1. The van der Waals surface area contributed by atoms with E-state index in [4.69, 9.17) is 17.3 Å². The summed E-state index contributed by atoms with van der Waals surface area (Å²) in [7, 11) is 0. The fourth-order valence-corrected chi connectivity index (χ4v) is 2.43. The molecule has 0 bridgehead atoms. The largest absolute Gasteiger partial charge is 0.330 e. The van der Waals surface area contributed by atoms with E-state index in [9.17, 15) is 4.79 Å². The van der Waals surface area contributed by atoms with Crippen LogP contribution in [-0.2, 0) is 4.79 Å². The molecule has 0 heterocycles. The second kappa shape index (κ2) is 8.40. The van der Waals surface area contributed by atoms with Crippen molar-refractivity contribution < 1.29 is 4.79 Å². The molecule has 0 aliphatic heterocycles.